The van der Waals surface area contributed by atoms with Crippen molar-refractivity contribution in [1.82, 2.24) is 9.21 Å². The third kappa shape index (κ3) is 4.54. The van der Waals surface area contributed by atoms with Gasteiger partial charge in [-0.15, -0.1) is 11.3 Å². The zero-order chi connectivity index (χ0) is 20.1. The van der Waals surface area contributed by atoms with Gasteiger partial charge >= 0.3 is 0 Å². The number of thiophene rings is 1. The molecule has 28 heavy (non-hydrogen) atoms. The van der Waals surface area contributed by atoms with E-state index in [9.17, 15) is 13.2 Å². The van der Waals surface area contributed by atoms with Crippen LogP contribution in [0.25, 0.3) is 0 Å². The lowest BCUT2D eigenvalue weighted by atomic mass is 10.2. The zero-order valence-corrected chi connectivity index (χ0v) is 17.6. The van der Waals surface area contributed by atoms with Gasteiger partial charge in [0.2, 0.25) is 5.91 Å². The molecule has 0 saturated carbocycles. The molecule has 0 spiro atoms. The van der Waals surface area contributed by atoms with E-state index in [2.05, 4.69) is 5.32 Å². The summed E-state index contributed by atoms with van der Waals surface area (Å²) in [5.74, 6) is 0.499. The minimum absolute atomic E-state index is 0.137. The Balaban J connectivity index is 1.59. The summed E-state index contributed by atoms with van der Waals surface area (Å²) in [7, 11) is -3.44. The smallest absolute Gasteiger partial charge is 0.252 e. The number of sulfonamides is 1. The normalized spacial score (nSPS) is 17.2. The zero-order valence-electron chi connectivity index (χ0n) is 16.0. The van der Waals surface area contributed by atoms with Gasteiger partial charge in [-0.05, 0) is 37.4 Å². The molecule has 7 nitrogen and oxygen atoms in total. The van der Waals surface area contributed by atoms with Crippen molar-refractivity contribution < 1.29 is 17.9 Å². The summed E-state index contributed by atoms with van der Waals surface area (Å²) in [6.45, 7) is 6.00. The second kappa shape index (κ2) is 9.04. The number of carbonyl (C=O) groups excluding carboxylic acids is 1. The lowest BCUT2D eigenvalue weighted by Crippen LogP contribution is -2.53. The third-order valence-electron chi connectivity index (χ3n) is 4.73. The summed E-state index contributed by atoms with van der Waals surface area (Å²) in [4.78, 5) is 14.7. The molecular weight excluding hydrogens is 398 g/mol. The monoisotopic (exact) mass is 423 g/mol. The summed E-state index contributed by atoms with van der Waals surface area (Å²) < 4.78 is 32.6. The Morgan fingerprint density at radius 1 is 1.18 bits per heavy atom. The second-order valence-electron chi connectivity index (χ2n) is 6.47. The molecule has 3 rings (SSSR count). The fourth-order valence-electron chi connectivity index (χ4n) is 3.12. The quantitative estimate of drug-likeness (QED) is 0.740. The summed E-state index contributed by atoms with van der Waals surface area (Å²) >= 11 is 1.22. The van der Waals surface area contributed by atoms with Crippen LogP contribution in [0.3, 0.4) is 0 Å². The highest BCUT2D eigenvalue weighted by Gasteiger charge is 2.32. The highest BCUT2D eigenvalue weighted by atomic mass is 32.2. The molecular formula is C19H25N3O4S2. The molecule has 0 aliphatic carbocycles. The Labute approximate surface area is 170 Å². The van der Waals surface area contributed by atoms with Crippen molar-refractivity contribution in [2.24, 2.45) is 0 Å². The number of hydrogen-bond donors (Lipinski definition) is 1. The average Bonchev–Trinajstić information content (AvgIpc) is 3.25. The van der Waals surface area contributed by atoms with Crippen LogP contribution in [-0.4, -0.2) is 62.4 Å². The number of piperazine rings is 1. The minimum atomic E-state index is -3.44. The molecule has 1 atom stereocenters. The first-order valence-corrected chi connectivity index (χ1v) is 11.6. The van der Waals surface area contributed by atoms with Crippen LogP contribution in [0.1, 0.15) is 13.8 Å². The van der Waals surface area contributed by atoms with E-state index in [1.807, 2.05) is 36.9 Å². The Morgan fingerprint density at radius 2 is 1.89 bits per heavy atom. The predicted molar refractivity (Wildman–Crippen MR) is 110 cm³/mol. The standard InChI is InChI=1S/C19H25N3O4S2/c1-3-26-17-8-5-4-7-16(17)20-19(23)15(2)21-10-12-22(13-11-21)28(24,25)18-9-6-14-27-18/h4-9,14-15H,3,10-13H2,1-2H3,(H,20,23)/t15-/m0/s1. The van der Waals surface area contributed by atoms with Crippen LogP contribution < -0.4 is 10.1 Å². The van der Waals surface area contributed by atoms with Gasteiger partial charge in [0.15, 0.2) is 0 Å². The number of benzene rings is 1. The first-order valence-electron chi connectivity index (χ1n) is 9.24. The molecule has 0 radical (unpaired) electrons. The molecule has 1 saturated heterocycles. The van der Waals surface area contributed by atoms with E-state index in [-0.39, 0.29) is 11.9 Å². The summed E-state index contributed by atoms with van der Waals surface area (Å²) in [5, 5.41) is 4.68. The van der Waals surface area contributed by atoms with Gasteiger partial charge in [-0.2, -0.15) is 4.31 Å². The number of carbonyl (C=O) groups is 1. The topological polar surface area (TPSA) is 79.0 Å². The fourth-order valence-corrected chi connectivity index (χ4v) is 5.69. The van der Waals surface area contributed by atoms with Gasteiger partial charge in [0.1, 0.15) is 9.96 Å². The van der Waals surface area contributed by atoms with Crippen molar-refractivity contribution in [3.63, 3.8) is 0 Å². The SMILES string of the molecule is CCOc1ccccc1NC(=O)[C@H](C)N1CCN(S(=O)(=O)c2cccs2)CC1. The number of hydrogen-bond acceptors (Lipinski definition) is 6. The second-order valence-corrected chi connectivity index (χ2v) is 9.58. The Kier molecular flexibility index (Phi) is 6.71. The maximum absolute atomic E-state index is 12.7. The number of anilines is 1. The lowest BCUT2D eigenvalue weighted by molar-refractivity contribution is -0.121. The van der Waals surface area contributed by atoms with Gasteiger partial charge in [-0.1, -0.05) is 18.2 Å². The first-order chi connectivity index (χ1) is 13.4. The van der Waals surface area contributed by atoms with Crippen molar-refractivity contribution >= 4 is 33.0 Å². The van der Waals surface area contributed by atoms with E-state index in [1.165, 1.54) is 15.6 Å². The van der Waals surface area contributed by atoms with Crippen molar-refractivity contribution in [1.29, 1.82) is 0 Å². The van der Waals surface area contributed by atoms with Crippen LogP contribution in [-0.2, 0) is 14.8 Å². The number of para-hydroxylation sites is 2. The van der Waals surface area contributed by atoms with E-state index < -0.39 is 10.0 Å². The van der Waals surface area contributed by atoms with Gasteiger partial charge < -0.3 is 10.1 Å². The molecule has 152 valence electrons. The van der Waals surface area contributed by atoms with E-state index in [0.717, 1.165) is 0 Å². The molecule has 2 heterocycles. The molecule has 0 bridgehead atoms. The minimum Gasteiger partial charge on any atom is -0.492 e. The van der Waals surface area contributed by atoms with Gasteiger partial charge in [-0.25, -0.2) is 8.42 Å². The Bertz CT molecular complexity index is 892. The summed E-state index contributed by atoms with van der Waals surface area (Å²) in [6.07, 6.45) is 0. The van der Waals surface area contributed by atoms with Crippen molar-refractivity contribution in [3.05, 3.63) is 41.8 Å². The van der Waals surface area contributed by atoms with Crippen molar-refractivity contribution in [2.45, 2.75) is 24.1 Å². The van der Waals surface area contributed by atoms with Crippen LogP contribution in [0, 0.1) is 0 Å². The predicted octanol–water partition coefficient (Wildman–Crippen LogP) is 2.48. The average molecular weight is 424 g/mol. The number of nitrogens with one attached hydrogen (secondary N) is 1. The highest BCUT2D eigenvalue weighted by Crippen LogP contribution is 2.25. The number of rotatable bonds is 7. The molecule has 9 heteroatoms. The van der Waals surface area contributed by atoms with Gasteiger partial charge in [0.05, 0.1) is 18.3 Å². The molecule has 1 fully saturated rings. The maximum atomic E-state index is 12.7. The van der Waals surface area contributed by atoms with Crippen LogP contribution in [0.15, 0.2) is 46.0 Å². The number of nitrogens with zero attached hydrogens (tertiary/aromatic N) is 2. The molecule has 1 N–H and O–H groups in total. The van der Waals surface area contributed by atoms with Gasteiger partial charge in [0, 0.05) is 26.2 Å². The fraction of sp³-hybridized carbons (Fsp3) is 0.421. The van der Waals surface area contributed by atoms with Crippen LogP contribution in [0.4, 0.5) is 5.69 Å². The van der Waals surface area contributed by atoms with Crippen LogP contribution >= 0.6 is 11.3 Å². The Hall–Kier alpha value is -1.94. The first kappa shape index (κ1) is 20.8. The van der Waals surface area contributed by atoms with Gasteiger partial charge in [0.25, 0.3) is 10.0 Å². The third-order valence-corrected chi connectivity index (χ3v) is 8.01. The van der Waals surface area contributed by atoms with E-state index in [1.54, 1.807) is 23.6 Å². The van der Waals surface area contributed by atoms with E-state index in [0.29, 0.717) is 48.4 Å². The van der Waals surface area contributed by atoms with Crippen molar-refractivity contribution in [2.75, 3.05) is 38.1 Å². The molecule has 1 aromatic heterocycles. The van der Waals surface area contributed by atoms with E-state index >= 15 is 0 Å². The van der Waals surface area contributed by atoms with Gasteiger partial charge in [-0.3, -0.25) is 9.69 Å². The summed E-state index contributed by atoms with van der Waals surface area (Å²) in [5.41, 5.74) is 0.639. The van der Waals surface area contributed by atoms with Crippen molar-refractivity contribution in [3.8, 4) is 5.75 Å². The maximum Gasteiger partial charge on any atom is 0.252 e. The van der Waals surface area contributed by atoms with Crippen LogP contribution in [0.5, 0.6) is 5.75 Å². The molecule has 1 aromatic carbocycles. The van der Waals surface area contributed by atoms with E-state index in [4.69, 9.17) is 4.74 Å². The number of amides is 1. The number of ether oxygens (including phenoxy) is 1. The molecule has 1 aliphatic rings. The summed E-state index contributed by atoms with van der Waals surface area (Å²) in [6, 6.07) is 10.3. The molecule has 1 aliphatic heterocycles. The lowest BCUT2D eigenvalue weighted by Gasteiger charge is -2.36. The largest absolute Gasteiger partial charge is 0.492 e. The highest BCUT2D eigenvalue weighted by molar-refractivity contribution is 7.91. The Morgan fingerprint density at radius 3 is 2.54 bits per heavy atom. The molecule has 2 aromatic rings. The molecule has 1 amide bonds. The molecule has 0 unspecified atom stereocenters. The van der Waals surface area contributed by atoms with Crippen LogP contribution in [0.2, 0.25) is 0 Å².